The largest absolute Gasteiger partial charge is 0.506 e. The SMILES string of the molecule is Cc1ccc(O)c(CNc2cccc(Oc3ncccn3)c2)n1. The average Bonchev–Trinajstić information content (AvgIpc) is 2.57. The van der Waals surface area contributed by atoms with Crippen LogP contribution in [-0.4, -0.2) is 20.1 Å². The van der Waals surface area contributed by atoms with Crippen LogP contribution in [-0.2, 0) is 6.54 Å². The van der Waals surface area contributed by atoms with Crippen LogP contribution in [0.15, 0.2) is 54.9 Å². The van der Waals surface area contributed by atoms with Gasteiger partial charge < -0.3 is 15.2 Å². The molecule has 0 atom stereocenters. The molecule has 0 aliphatic rings. The van der Waals surface area contributed by atoms with E-state index in [9.17, 15) is 5.11 Å². The van der Waals surface area contributed by atoms with Crippen LogP contribution in [0.3, 0.4) is 0 Å². The summed E-state index contributed by atoms with van der Waals surface area (Å²) < 4.78 is 5.59. The molecule has 6 heteroatoms. The van der Waals surface area contributed by atoms with Crippen LogP contribution in [0, 0.1) is 6.92 Å². The summed E-state index contributed by atoms with van der Waals surface area (Å²) >= 11 is 0. The minimum absolute atomic E-state index is 0.174. The number of ether oxygens (including phenoxy) is 1. The number of aromatic hydroxyl groups is 1. The minimum Gasteiger partial charge on any atom is -0.506 e. The Bertz CT molecular complexity index is 794. The van der Waals surface area contributed by atoms with Crippen molar-refractivity contribution in [2.45, 2.75) is 13.5 Å². The summed E-state index contributed by atoms with van der Waals surface area (Å²) in [4.78, 5) is 12.4. The molecule has 0 aliphatic heterocycles. The van der Waals surface area contributed by atoms with E-state index in [1.54, 1.807) is 30.6 Å². The Morgan fingerprint density at radius 2 is 1.91 bits per heavy atom. The van der Waals surface area contributed by atoms with E-state index < -0.39 is 0 Å². The van der Waals surface area contributed by atoms with E-state index in [0.29, 0.717) is 24.0 Å². The average molecular weight is 308 g/mol. The number of rotatable bonds is 5. The molecular formula is C17H16N4O2. The van der Waals surface area contributed by atoms with Crippen molar-refractivity contribution in [1.29, 1.82) is 0 Å². The van der Waals surface area contributed by atoms with Crippen molar-refractivity contribution in [3.05, 3.63) is 66.2 Å². The normalized spacial score (nSPS) is 10.3. The van der Waals surface area contributed by atoms with Crippen molar-refractivity contribution in [3.8, 4) is 17.5 Å². The molecule has 23 heavy (non-hydrogen) atoms. The zero-order valence-corrected chi connectivity index (χ0v) is 12.6. The molecule has 0 fully saturated rings. The zero-order valence-electron chi connectivity index (χ0n) is 12.6. The van der Waals surface area contributed by atoms with Crippen LogP contribution < -0.4 is 10.1 Å². The van der Waals surface area contributed by atoms with Gasteiger partial charge in [-0.15, -0.1) is 0 Å². The van der Waals surface area contributed by atoms with Crippen LogP contribution in [0.25, 0.3) is 0 Å². The van der Waals surface area contributed by atoms with Gasteiger partial charge in [0.2, 0.25) is 0 Å². The lowest BCUT2D eigenvalue weighted by Crippen LogP contribution is -2.03. The predicted molar refractivity (Wildman–Crippen MR) is 86.5 cm³/mol. The van der Waals surface area contributed by atoms with Gasteiger partial charge in [0.15, 0.2) is 0 Å². The lowest BCUT2D eigenvalue weighted by Gasteiger charge is -2.10. The Labute approximate surface area is 133 Å². The van der Waals surface area contributed by atoms with Crippen molar-refractivity contribution in [2.75, 3.05) is 5.32 Å². The number of hydrogen-bond donors (Lipinski definition) is 2. The first-order chi connectivity index (χ1) is 11.2. The maximum absolute atomic E-state index is 9.82. The van der Waals surface area contributed by atoms with E-state index in [4.69, 9.17) is 4.74 Å². The highest BCUT2D eigenvalue weighted by Gasteiger charge is 2.04. The van der Waals surface area contributed by atoms with Gasteiger partial charge in [-0.1, -0.05) is 6.07 Å². The Morgan fingerprint density at radius 3 is 2.74 bits per heavy atom. The standard InChI is InChI=1S/C17H16N4O2/c1-12-6-7-16(22)15(21-12)11-20-13-4-2-5-14(10-13)23-17-18-8-3-9-19-17/h2-10,20,22H,11H2,1H3. The first kappa shape index (κ1) is 14.8. The number of nitrogens with zero attached hydrogens (tertiary/aromatic N) is 3. The molecule has 0 amide bonds. The first-order valence-electron chi connectivity index (χ1n) is 7.15. The highest BCUT2D eigenvalue weighted by atomic mass is 16.5. The molecule has 0 bridgehead atoms. The minimum atomic E-state index is 0.174. The molecular weight excluding hydrogens is 292 g/mol. The molecule has 0 unspecified atom stereocenters. The zero-order chi connectivity index (χ0) is 16.1. The lowest BCUT2D eigenvalue weighted by molar-refractivity contribution is 0.442. The van der Waals surface area contributed by atoms with E-state index in [2.05, 4.69) is 20.3 Å². The third-order valence-corrected chi connectivity index (χ3v) is 3.13. The molecule has 0 radical (unpaired) electrons. The fraction of sp³-hybridized carbons (Fsp3) is 0.118. The molecule has 1 aromatic carbocycles. The van der Waals surface area contributed by atoms with Crippen LogP contribution >= 0.6 is 0 Å². The lowest BCUT2D eigenvalue weighted by atomic mass is 10.2. The fourth-order valence-corrected chi connectivity index (χ4v) is 2.03. The molecule has 2 heterocycles. The van der Waals surface area contributed by atoms with Gasteiger partial charge in [-0.25, -0.2) is 9.97 Å². The summed E-state index contributed by atoms with van der Waals surface area (Å²) in [6.45, 7) is 2.30. The quantitative estimate of drug-likeness (QED) is 0.753. The number of benzene rings is 1. The molecule has 2 N–H and O–H groups in total. The van der Waals surface area contributed by atoms with Crippen molar-refractivity contribution >= 4 is 5.69 Å². The number of anilines is 1. The monoisotopic (exact) mass is 308 g/mol. The molecule has 0 aliphatic carbocycles. The third-order valence-electron chi connectivity index (χ3n) is 3.13. The second-order valence-electron chi connectivity index (χ2n) is 4.93. The number of pyridine rings is 1. The van der Waals surface area contributed by atoms with Crippen LogP contribution in [0.1, 0.15) is 11.4 Å². The molecule has 0 spiro atoms. The van der Waals surface area contributed by atoms with Gasteiger partial charge in [0.1, 0.15) is 17.2 Å². The number of hydrogen-bond acceptors (Lipinski definition) is 6. The molecule has 0 saturated carbocycles. The molecule has 0 saturated heterocycles. The summed E-state index contributed by atoms with van der Waals surface area (Å²) in [5, 5.41) is 13.0. The number of aromatic nitrogens is 3. The molecule has 3 aromatic rings. The van der Waals surface area contributed by atoms with Gasteiger partial charge in [0.25, 0.3) is 0 Å². The van der Waals surface area contributed by atoms with Gasteiger partial charge >= 0.3 is 6.01 Å². The van der Waals surface area contributed by atoms with E-state index in [1.807, 2.05) is 31.2 Å². The second-order valence-corrected chi connectivity index (χ2v) is 4.93. The maximum Gasteiger partial charge on any atom is 0.321 e. The van der Waals surface area contributed by atoms with Gasteiger partial charge in [-0.05, 0) is 37.3 Å². The van der Waals surface area contributed by atoms with Crippen LogP contribution in [0.5, 0.6) is 17.5 Å². The Morgan fingerprint density at radius 1 is 1.09 bits per heavy atom. The Hall–Kier alpha value is -3.15. The highest BCUT2D eigenvalue weighted by Crippen LogP contribution is 2.22. The molecule has 3 rings (SSSR count). The third kappa shape index (κ3) is 3.94. The molecule has 116 valence electrons. The van der Waals surface area contributed by atoms with Crippen molar-refractivity contribution in [3.63, 3.8) is 0 Å². The Kier molecular flexibility index (Phi) is 4.33. The van der Waals surface area contributed by atoms with E-state index in [-0.39, 0.29) is 5.75 Å². The Balaban J connectivity index is 1.69. The second kappa shape index (κ2) is 6.74. The van der Waals surface area contributed by atoms with Crippen molar-refractivity contribution < 1.29 is 9.84 Å². The van der Waals surface area contributed by atoms with Gasteiger partial charge in [0, 0.05) is 29.8 Å². The van der Waals surface area contributed by atoms with E-state index in [1.165, 1.54) is 0 Å². The number of aryl methyl sites for hydroxylation is 1. The summed E-state index contributed by atoms with van der Waals surface area (Å²) in [5.74, 6) is 0.802. The predicted octanol–water partition coefficient (Wildman–Crippen LogP) is 3.29. The first-order valence-corrected chi connectivity index (χ1v) is 7.15. The van der Waals surface area contributed by atoms with Gasteiger partial charge in [-0.3, -0.25) is 4.98 Å². The van der Waals surface area contributed by atoms with Crippen LogP contribution in [0.4, 0.5) is 5.69 Å². The van der Waals surface area contributed by atoms with Crippen molar-refractivity contribution in [1.82, 2.24) is 15.0 Å². The summed E-state index contributed by atoms with van der Waals surface area (Å²) in [6, 6.07) is 12.9. The summed E-state index contributed by atoms with van der Waals surface area (Å²) in [5.41, 5.74) is 2.31. The fourth-order valence-electron chi connectivity index (χ4n) is 2.03. The summed E-state index contributed by atoms with van der Waals surface area (Å²) in [6.07, 6.45) is 3.24. The molecule has 2 aromatic heterocycles. The van der Waals surface area contributed by atoms with Gasteiger partial charge in [-0.2, -0.15) is 0 Å². The van der Waals surface area contributed by atoms with Gasteiger partial charge in [0.05, 0.1) is 6.54 Å². The maximum atomic E-state index is 9.82. The number of nitrogens with one attached hydrogen (secondary N) is 1. The van der Waals surface area contributed by atoms with Crippen LogP contribution in [0.2, 0.25) is 0 Å². The van der Waals surface area contributed by atoms with E-state index in [0.717, 1.165) is 11.4 Å². The summed E-state index contributed by atoms with van der Waals surface area (Å²) in [7, 11) is 0. The van der Waals surface area contributed by atoms with E-state index >= 15 is 0 Å². The topological polar surface area (TPSA) is 80.2 Å². The highest BCUT2D eigenvalue weighted by molar-refractivity contribution is 5.49. The smallest absolute Gasteiger partial charge is 0.321 e. The van der Waals surface area contributed by atoms with Crippen molar-refractivity contribution in [2.24, 2.45) is 0 Å². The molecule has 6 nitrogen and oxygen atoms in total.